The Morgan fingerprint density at radius 3 is 2.42 bits per heavy atom. The van der Waals surface area contributed by atoms with Gasteiger partial charge in [-0.05, 0) is 19.4 Å². The highest BCUT2D eigenvalue weighted by Crippen LogP contribution is 2.48. The molecule has 0 aliphatic carbocycles. The van der Waals surface area contributed by atoms with Gasteiger partial charge in [-0.3, -0.25) is 9.59 Å². The molecule has 2 N–H and O–H groups in total. The van der Waals surface area contributed by atoms with Crippen molar-refractivity contribution in [1.82, 2.24) is 10.2 Å². The van der Waals surface area contributed by atoms with Crippen molar-refractivity contribution >= 4 is 27.6 Å². The zero-order chi connectivity index (χ0) is 19.3. The van der Waals surface area contributed by atoms with Crippen LogP contribution in [0.1, 0.15) is 19.4 Å². The maximum absolute atomic E-state index is 12.7. The molecule has 1 aromatic rings. The monoisotopic (exact) mass is 380 g/mol. The number of benzene rings is 1. The van der Waals surface area contributed by atoms with E-state index in [-0.39, 0.29) is 18.9 Å². The highest BCUT2D eigenvalue weighted by atomic mass is 32.2. The smallest absolute Gasteiger partial charge is 0.328 e. The average Bonchev–Trinajstić information content (AvgIpc) is 2.70. The first-order chi connectivity index (χ1) is 12.1. The molecule has 0 bridgehead atoms. The number of β-lactam (4-membered cyclic amide) rings is 1. The van der Waals surface area contributed by atoms with Gasteiger partial charge in [-0.25, -0.2) is 13.2 Å². The molecule has 140 valence electrons. The van der Waals surface area contributed by atoms with Crippen LogP contribution in [0.5, 0.6) is 0 Å². The van der Waals surface area contributed by atoms with Crippen molar-refractivity contribution in [2.24, 2.45) is 5.92 Å². The Morgan fingerprint density at radius 2 is 1.85 bits per heavy atom. The van der Waals surface area contributed by atoms with Gasteiger partial charge >= 0.3 is 5.97 Å². The molecule has 0 radical (unpaired) electrons. The fourth-order valence-corrected chi connectivity index (χ4v) is 5.98. The number of sulfone groups is 1. The highest BCUT2D eigenvalue weighted by Gasteiger charge is 2.71. The lowest BCUT2D eigenvalue weighted by molar-refractivity contribution is -0.163. The highest BCUT2D eigenvalue weighted by molar-refractivity contribution is 7.93. The van der Waals surface area contributed by atoms with E-state index < -0.39 is 43.8 Å². The third-order valence-corrected chi connectivity index (χ3v) is 8.02. The summed E-state index contributed by atoms with van der Waals surface area (Å²) in [5, 5.41) is 10.7. The van der Waals surface area contributed by atoms with Crippen LogP contribution >= 0.6 is 0 Å². The molecule has 3 atom stereocenters. The van der Waals surface area contributed by atoms with E-state index in [0.717, 1.165) is 10.5 Å². The minimum Gasteiger partial charge on any atom is -0.480 e. The SMILES string of the molecule is CC1(C)[C@H](C(=O)O)N2C(=O)[C@@H](CNC(=O)Cc3ccccc3)[C@H]2S1(=O)=O. The van der Waals surface area contributed by atoms with Gasteiger partial charge in [0.1, 0.15) is 11.4 Å². The number of hydrogen-bond acceptors (Lipinski definition) is 5. The molecule has 8 nitrogen and oxygen atoms in total. The molecule has 9 heteroatoms. The van der Waals surface area contributed by atoms with Crippen LogP contribution in [-0.2, 0) is 30.6 Å². The minimum atomic E-state index is -3.88. The number of hydrogen-bond donors (Lipinski definition) is 2. The van der Waals surface area contributed by atoms with Gasteiger partial charge in [-0.2, -0.15) is 0 Å². The second-order valence-electron chi connectivity index (χ2n) is 7.10. The fraction of sp³-hybridized carbons (Fsp3) is 0.471. The molecule has 2 amide bonds. The summed E-state index contributed by atoms with van der Waals surface area (Å²) in [6, 6.07) is 7.59. The van der Waals surface area contributed by atoms with Gasteiger partial charge in [-0.15, -0.1) is 0 Å². The van der Waals surface area contributed by atoms with Crippen LogP contribution < -0.4 is 5.32 Å². The van der Waals surface area contributed by atoms with Crippen molar-refractivity contribution in [2.45, 2.75) is 36.4 Å². The Labute approximate surface area is 151 Å². The van der Waals surface area contributed by atoms with Crippen molar-refractivity contribution in [3.05, 3.63) is 35.9 Å². The molecular formula is C17H20N2O6S. The number of nitrogens with zero attached hydrogens (tertiary/aromatic N) is 1. The standard InChI is InChI=1S/C17H20N2O6S/c1-17(2)13(16(22)23)19-14(21)11(15(19)26(17,24)25)9-18-12(20)8-10-6-4-3-5-7-10/h3-7,11,13,15H,8-9H2,1-2H3,(H,18,20)(H,22,23)/t11-,13+,15-/m1/s1. The molecule has 2 heterocycles. The van der Waals surface area contributed by atoms with Gasteiger partial charge in [-0.1, -0.05) is 30.3 Å². The molecule has 2 fully saturated rings. The second-order valence-corrected chi connectivity index (χ2v) is 9.72. The Hall–Kier alpha value is -2.42. The quantitative estimate of drug-likeness (QED) is 0.682. The third-order valence-electron chi connectivity index (χ3n) is 5.14. The van der Waals surface area contributed by atoms with E-state index in [1.165, 1.54) is 13.8 Å². The van der Waals surface area contributed by atoms with Gasteiger partial charge in [0, 0.05) is 6.54 Å². The van der Waals surface area contributed by atoms with E-state index >= 15 is 0 Å². The predicted molar refractivity (Wildman–Crippen MR) is 91.7 cm³/mol. The van der Waals surface area contributed by atoms with Crippen molar-refractivity contribution in [3.63, 3.8) is 0 Å². The molecule has 26 heavy (non-hydrogen) atoms. The van der Waals surface area contributed by atoms with E-state index in [1.807, 2.05) is 6.07 Å². The maximum atomic E-state index is 12.7. The molecule has 0 spiro atoms. The second kappa shape index (κ2) is 6.08. The average molecular weight is 380 g/mol. The van der Waals surface area contributed by atoms with Gasteiger partial charge < -0.3 is 15.3 Å². The lowest BCUT2D eigenvalue weighted by Gasteiger charge is -2.42. The molecular weight excluding hydrogens is 360 g/mol. The van der Waals surface area contributed by atoms with Crippen molar-refractivity contribution in [2.75, 3.05) is 6.54 Å². The molecule has 2 aliphatic rings. The van der Waals surface area contributed by atoms with E-state index in [0.29, 0.717) is 0 Å². The molecule has 1 aromatic carbocycles. The number of nitrogens with one attached hydrogen (secondary N) is 1. The fourth-order valence-electron chi connectivity index (χ4n) is 3.66. The van der Waals surface area contributed by atoms with E-state index in [2.05, 4.69) is 5.32 Å². The normalized spacial score (nSPS) is 28.2. The van der Waals surface area contributed by atoms with Crippen LogP contribution in [0.3, 0.4) is 0 Å². The number of amides is 2. The summed E-state index contributed by atoms with van der Waals surface area (Å²) >= 11 is 0. The van der Waals surface area contributed by atoms with Crippen LogP contribution in [0.4, 0.5) is 0 Å². The van der Waals surface area contributed by atoms with Gasteiger partial charge in [0.05, 0.1) is 17.1 Å². The maximum Gasteiger partial charge on any atom is 0.328 e. The van der Waals surface area contributed by atoms with Gasteiger partial charge in [0.2, 0.25) is 11.8 Å². The zero-order valence-electron chi connectivity index (χ0n) is 14.4. The third kappa shape index (κ3) is 2.57. The van der Waals surface area contributed by atoms with Gasteiger partial charge in [0.25, 0.3) is 0 Å². The lowest BCUT2D eigenvalue weighted by atomic mass is 9.91. The van der Waals surface area contributed by atoms with Crippen LogP contribution in [0.2, 0.25) is 0 Å². The Kier molecular flexibility index (Phi) is 4.30. The predicted octanol–water partition coefficient (Wildman–Crippen LogP) is -0.210. The summed E-state index contributed by atoms with van der Waals surface area (Å²) in [6.45, 7) is 2.50. The first-order valence-electron chi connectivity index (χ1n) is 8.18. The molecule has 0 saturated carbocycles. The van der Waals surface area contributed by atoms with Crippen LogP contribution in [0.25, 0.3) is 0 Å². The summed E-state index contributed by atoms with van der Waals surface area (Å²) in [7, 11) is -3.88. The Balaban J connectivity index is 1.71. The molecule has 2 aliphatic heterocycles. The van der Waals surface area contributed by atoms with Crippen molar-refractivity contribution in [3.8, 4) is 0 Å². The van der Waals surface area contributed by atoms with Gasteiger partial charge in [0.15, 0.2) is 9.84 Å². The molecule has 3 rings (SSSR count). The number of carboxylic acid groups (broad SMARTS) is 1. The van der Waals surface area contributed by atoms with E-state index in [4.69, 9.17) is 0 Å². The number of carbonyl (C=O) groups excluding carboxylic acids is 2. The van der Waals surface area contributed by atoms with Crippen LogP contribution in [-0.4, -0.2) is 58.9 Å². The Bertz CT molecular complexity index is 864. The van der Waals surface area contributed by atoms with Crippen LogP contribution in [0, 0.1) is 5.92 Å². The largest absolute Gasteiger partial charge is 0.480 e. The first-order valence-corrected chi connectivity index (χ1v) is 9.72. The minimum absolute atomic E-state index is 0.117. The molecule has 2 saturated heterocycles. The first kappa shape index (κ1) is 18.4. The Morgan fingerprint density at radius 1 is 1.23 bits per heavy atom. The van der Waals surface area contributed by atoms with E-state index in [1.54, 1.807) is 24.3 Å². The number of carboxylic acids is 1. The summed E-state index contributed by atoms with van der Waals surface area (Å²) < 4.78 is 23.8. The lowest BCUT2D eigenvalue weighted by Crippen LogP contribution is -2.65. The van der Waals surface area contributed by atoms with Crippen molar-refractivity contribution < 1.29 is 27.9 Å². The number of carbonyl (C=O) groups is 3. The molecule has 0 aromatic heterocycles. The summed E-state index contributed by atoms with van der Waals surface area (Å²) in [5.41, 5.74) is 0.798. The topological polar surface area (TPSA) is 121 Å². The van der Waals surface area contributed by atoms with E-state index in [9.17, 15) is 27.9 Å². The zero-order valence-corrected chi connectivity index (χ0v) is 15.2. The van der Waals surface area contributed by atoms with Crippen LogP contribution in [0.15, 0.2) is 30.3 Å². The summed E-state index contributed by atoms with van der Waals surface area (Å²) in [4.78, 5) is 36.8. The molecule has 0 unspecified atom stereocenters. The summed E-state index contributed by atoms with van der Waals surface area (Å²) in [6.07, 6.45) is 0.117. The summed E-state index contributed by atoms with van der Waals surface area (Å²) in [5.74, 6) is -3.19. The number of rotatable bonds is 5. The number of fused-ring (bicyclic) bond motifs is 1. The van der Waals surface area contributed by atoms with Crippen molar-refractivity contribution in [1.29, 1.82) is 0 Å². The number of aliphatic carboxylic acids is 1.